The van der Waals surface area contributed by atoms with Crippen molar-refractivity contribution in [3.05, 3.63) is 30.6 Å². The second-order valence-corrected chi connectivity index (χ2v) is 4.19. The standard InChI is InChI=1S/C12H16N6O/c1-2-3-11(13)12(19)15-9-4-6-10(7-5-9)18-8-14-16-17-18/h4-8,11H,2-3,13H2,1H3,(H,15,19). The first-order valence-electron chi connectivity index (χ1n) is 6.10. The van der Waals surface area contributed by atoms with E-state index in [-0.39, 0.29) is 5.91 Å². The van der Waals surface area contributed by atoms with Crippen LogP contribution in [0.25, 0.3) is 5.69 Å². The van der Waals surface area contributed by atoms with E-state index in [1.807, 2.05) is 19.1 Å². The van der Waals surface area contributed by atoms with Crippen LogP contribution >= 0.6 is 0 Å². The summed E-state index contributed by atoms with van der Waals surface area (Å²) in [6.45, 7) is 1.99. The van der Waals surface area contributed by atoms with E-state index in [0.29, 0.717) is 12.1 Å². The number of carbonyl (C=O) groups is 1. The van der Waals surface area contributed by atoms with E-state index < -0.39 is 6.04 Å². The Kier molecular flexibility index (Phi) is 4.19. The Morgan fingerprint density at radius 3 is 2.74 bits per heavy atom. The van der Waals surface area contributed by atoms with Crippen LogP contribution in [0, 0.1) is 0 Å². The maximum absolute atomic E-state index is 11.7. The minimum absolute atomic E-state index is 0.169. The molecule has 1 atom stereocenters. The van der Waals surface area contributed by atoms with Gasteiger partial charge in [0, 0.05) is 5.69 Å². The average Bonchev–Trinajstić information content (AvgIpc) is 2.94. The molecule has 1 heterocycles. The van der Waals surface area contributed by atoms with Crippen LogP contribution in [0.5, 0.6) is 0 Å². The van der Waals surface area contributed by atoms with Gasteiger partial charge in [-0.05, 0) is 41.1 Å². The first-order valence-corrected chi connectivity index (χ1v) is 6.10. The van der Waals surface area contributed by atoms with Crippen LogP contribution < -0.4 is 11.1 Å². The van der Waals surface area contributed by atoms with Gasteiger partial charge in [-0.3, -0.25) is 4.79 Å². The lowest BCUT2D eigenvalue weighted by Crippen LogP contribution is -2.35. The second kappa shape index (κ2) is 6.05. The van der Waals surface area contributed by atoms with Crippen molar-refractivity contribution >= 4 is 11.6 Å². The summed E-state index contributed by atoms with van der Waals surface area (Å²) in [7, 11) is 0. The molecule has 2 aromatic rings. The first kappa shape index (κ1) is 13.2. The number of nitrogens with one attached hydrogen (secondary N) is 1. The highest BCUT2D eigenvalue weighted by atomic mass is 16.2. The van der Waals surface area contributed by atoms with Crippen molar-refractivity contribution in [3.63, 3.8) is 0 Å². The summed E-state index contributed by atoms with van der Waals surface area (Å²) >= 11 is 0. The summed E-state index contributed by atoms with van der Waals surface area (Å²) in [6, 6.07) is 6.74. The van der Waals surface area contributed by atoms with E-state index in [4.69, 9.17) is 5.73 Å². The lowest BCUT2D eigenvalue weighted by Gasteiger charge is -2.11. The van der Waals surface area contributed by atoms with Gasteiger partial charge in [0.05, 0.1) is 11.7 Å². The van der Waals surface area contributed by atoms with E-state index in [2.05, 4.69) is 20.8 Å². The maximum Gasteiger partial charge on any atom is 0.241 e. The van der Waals surface area contributed by atoms with Gasteiger partial charge in [0.1, 0.15) is 6.33 Å². The number of amides is 1. The third kappa shape index (κ3) is 3.35. The van der Waals surface area contributed by atoms with Crippen LogP contribution in [0.15, 0.2) is 30.6 Å². The Bertz CT molecular complexity index is 522. The summed E-state index contributed by atoms with van der Waals surface area (Å²) in [6.07, 6.45) is 3.06. The number of rotatable bonds is 5. The predicted molar refractivity (Wildman–Crippen MR) is 70.7 cm³/mol. The van der Waals surface area contributed by atoms with Crippen LogP contribution in [0.4, 0.5) is 5.69 Å². The Labute approximate surface area is 110 Å². The van der Waals surface area contributed by atoms with E-state index in [1.54, 1.807) is 12.1 Å². The highest BCUT2D eigenvalue weighted by Crippen LogP contribution is 2.12. The fourth-order valence-electron chi connectivity index (χ4n) is 1.65. The fourth-order valence-corrected chi connectivity index (χ4v) is 1.65. The highest BCUT2D eigenvalue weighted by Gasteiger charge is 2.12. The maximum atomic E-state index is 11.7. The molecule has 1 aromatic heterocycles. The topological polar surface area (TPSA) is 98.7 Å². The molecule has 1 unspecified atom stereocenters. The van der Waals surface area contributed by atoms with E-state index in [9.17, 15) is 4.79 Å². The molecule has 7 heteroatoms. The molecule has 0 saturated heterocycles. The minimum Gasteiger partial charge on any atom is -0.325 e. The van der Waals surface area contributed by atoms with Crippen molar-refractivity contribution in [2.45, 2.75) is 25.8 Å². The number of aromatic nitrogens is 4. The van der Waals surface area contributed by atoms with Gasteiger partial charge in [0.25, 0.3) is 0 Å². The van der Waals surface area contributed by atoms with Crippen LogP contribution in [0.1, 0.15) is 19.8 Å². The Morgan fingerprint density at radius 2 is 2.16 bits per heavy atom. The molecule has 1 aromatic carbocycles. The normalized spacial score (nSPS) is 12.1. The van der Waals surface area contributed by atoms with Crippen molar-refractivity contribution in [2.75, 3.05) is 5.32 Å². The third-order valence-electron chi connectivity index (χ3n) is 2.68. The van der Waals surface area contributed by atoms with Crippen molar-refractivity contribution < 1.29 is 4.79 Å². The molecule has 0 fully saturated rings. The summed E-state index contributed by atoms with van der Waals surface area (Å²) < 4.78 is 1.54. The van der Waals surface area contributed by atoms with Gasteiger partial charge in [0.2, 0.25) is 5.91 Å². The number of carbonyl (C=O) groups excluding carboxylic acids is 1. The Morgan fingerprint density at radius 1 is 1.42 bits per heavy atom. The molecule has 0 bridgehead atoms. The van der Waals surface area contributed by atoms with Crippen molar-refractivity contribution in [1.29, 1.82) is 0 Å². The minimum atomic E-state index is -0.468. The van der Waals surface area contributed by atoms with E-state index in [1.165, 1.54) is 11.0 Å². The summed E-state index contributed by atoms with van der Waals surface area (Å²) in [5.41, 5.74) is 7.26. The van der Waals surface area contributed by atoms with Crippen LogP contribution in [0.3, 0.4) is 0 Å². The molecular formula is C12H16N6O. The zero-order valence-electron chi connectivity index (χ0n) is 10.7. The van der Waals surface area contributed by atoms with Gasteiger partial charge in [-0.25, -0.2) is 4.68 Å². The van der Waals surface area contributed by atoms with Crippen molar-refractivity contribution in [3.8, 4) is 5.69 Å². The fraction of sp³-hybridized carbons (Fsp3) is 0.333. The zero-order valence-corrected chi connectivity index (χ0v) is 10.7. The first-order chi connectivity index (χ1) is 9.20. The quantitative estimate of drug-likeness (QED) is 0.825. The number of anilines is 1. The lowest BCUT2D eigenvalue weighted by molar-refractivity contribution is -0.117. The largest absolute Gasteiger partial charge is 0.325 e. The number of nitrogens with zero attached hydrogens (tertiary/aromatic N) is 4. The number of tetrazole rings is 1. The van der Waals surface area contributed by atoms with Gasteiger partial charge >= 0.3 is 0 Å². The van der Waals surface area contributed by atoms with Crippen LogP contribution in [0.2, 0.25) is 0 Å². The molecular weight excluding hydrogens is 244 g/mol. The second-order valence-electron chi connectivity index (χ2n) is 4.19. The zero-order chi connectivity index (χ0) is 13.7. The molecule has 0 aliphatic carbocycles. The van der Waals surface area contributed by atoms with Gasteiger partial charge in [0.15, 0.2) is 0 Å². The van der Waals surface area contributed by atoms with Crippen LogP contribution in [-0.2, 0) is 4.79 Å². The number of nitrogens with two attached hydrogens (primary N) is 1. The summed E-state index contributed by atoms with van der Waals surface area (Å²) in [5, 5.41) is 13.7. The van der Waals surface area contributed by atoms with Gasteiger partial charge < -0.3 is 11.1 Å². The number of hydrogen-bond donors (Lipinski definition) is 2. The van der Waals surface area contributed by atoms with Gasteiger partial charge in [-0.2, -0.15) is 0 Å². The molecule has 2 rings (SSSR count). The van der Waals surface area contributed by atoms with Gasteiger partial charge in [-0.15, -0.1) is 5.10 Å². The molecule has 100 valence electrons. The molecule has 3 N–H and O–H groups in total. The molecule has 0 aliphatic rings. The van der Waals surface area contributed by atoms with Crippen molar-refractivity contribution in [1.82, 2.24) is 20.2 Å². The molecule has 0 aliphatic heterocycles. The molecule has 1 amide bonds. The Hall–Kier alpha value is -2.28. The molecule has 19 heavy (non-hydrogen) atoms. The molecule has 0 spiro atoms. The predicted octanol–water partition coefficient (Wildman–Crippen LogP) is 0.728. The molecule has 0 radical (unpaired) electrons. The van der Waals surface area contributed by atoms with Crippen LogP contribution in [-0.4, -0.2) is 32.2 Å². The van der Waals surface area contributed by atoms with E-state index in [0.717, 1.165) is 12.1 Å². The lowest BCUT2D eigenvalue weighted by atomic mass is 10.1. The van der Waals surface area contributed by atoms with Gasteiger partial charge in [-0.1, -0.05) is 13.3 Å². The summed E-state index contributed by atoms with van der Waals surface area (Å²) in [5.74, 6) is -0.169. The number of benzene rings is 1. The SMILES string of the molecule is CCCC(N)C(=O)Nc1ccc(-n2cnnn2)cc1. The van der Waals surface area contributed by atoms with E-state index >= 15 is 0 Å². The molecule has 7 nitrogen and oxygen atoms in total. The molecule has 0 saturated carbocycles. The monoisotopic (exact) mass is 260 g/mol. The smallest absolute Gasteiger partial charge is 0.241 e. The average molecular weight is 260 g/mol. The van der Waals surface area contributed by atoms with Crippen molar-refractivity contribution in [2.24, 2.45) is 5.73 Å². The summed E-state index contributed by atoms with van der Waals surface area (Å²) in [4.78, 5) is 11.7. The highest BCUT2D eigenvalue weighted by molar-refractivity contribution is 5.94. The number of hydrogen-bond acceptors (Lipinski definition) is 5. The third-order valence-corrected chi connectivity index (χ3v) is 2.68. The Balaban J connectivity index is 2.01.